The number of aromatic nitrogens is 4. The van der Waals surface area contributed by atoms with Gasteiger partial charge in [-0.3, -0.25) is 0 Å². The molecule has 29 heavy (non-hydrogen) atoms. The fourth-order valence-electron chi connectivity index (χ4n) is 3.34. The average molecular weight is 418 g/mol. The third-order valence-corrected chi connectivity index (χ3v) is 6.46. The SMILES string of the molecule is Cc1cc(CN(C)c2nc3c(c(N(C)Cc4cc(C)on4)n2)S(=O)(=O)CC3)no1. The fraction of sp³-hybridized carbons (Fsp3) is 0.444. The van der Waals surface area contributed by atoms with Gasteiger partial charge in [0, 0.05) is 32.6 Å². The van der Waals surface area contributed by atoms with E-state index in [0.29, 0.717) is 48.4 Å². The Morgan fingerprint density at radius 3 is 2.10 bits per heavy atom. The van der Waals surface area contributed by atoms with Crippen molar-refractivity contribution in [1.82, 2.24) is 20.3 Å². The number of aryl methyl sites for hydroxylation is 3. The number of hydrogen-bond acceptors (Lipinski definition) is 10. The van der Waals surface area contributed by atoms with Gasteiger partial charge in [0.1, 0.15) is 27.8 Å². The Kier molecular flexibility index (Phi) is 4.77. The average Bonchev–Trinajstić information content (AvgIpc) is 3.34. The third kappa shape index (κ3) is 3.82. The first kappa shape index (κ1) is 19.4. The van der Waals surface area contributed by atoms with Gasteiger partial charge in [-0.15, -0.1) is 0 Å². The molecule has 3 aromatic heterocycles. The molecule has 10 nitrogen and oxygen atoms in total. The molecule has 11 heteroatoms. The second-order valence-electron chi connectivity index (χ2n) is 7.26. The van der Waals surface area contributed by atoms with Crippen LogP contribution in [0.1, 0.15) is 28.6 Å². The Bertz CT molecular complexity index is 1150. The molecule has 0 aliphatic carbocycles. The number of rotatable bonds is 6. The van der Waals surface area contributed by atoms with Gasteiger partial charge in [-0.2, -0.15) is 4.98 Å². The smallest absolute Gasteiger partial charge is 0.227 e. The third-order valence-electron chi connectivity index (χ3n) is 4.68. The Labute approximate surface area is 168 Å². The van der Waals surface area contributed by atoms with E-state index in [4.69, 9.17) is 9.05 Å². The predicted octanol–water partition coefficient (Wildman–Crippen LogP) is 1.67. The molecule has 0 atom stereocenters. The normalized spacial score (nSPS) is 14.8. The van der Waals surface area contributed by atoms with Crippen LogP contribution in [0.4, 0.5) is 11.8 Å². The van der Waals surface area contributed by atoms with Crippen LogP contribution >= 0.6 is 0 Å². The molecule has 3 aromatic rings. The number of sulfone groups is 1. The van der Waals surface area contributed by atoms with Gasteiger partial charge < -0.3 is 18.8 Å². The molecular formula is C18H22N6O4S. The van der Waals surface area contributed by atoms with Crippen molar-refractivity contribution >= 4 is 21.6 Å². The quantitative estimate of drug-likeness (QED) is 0.585. The van der Waals surface area contributed by atoms with Crippen LogP contribution in [0, 0.1) is 13.8 Å². The summed E-state index contributed by atoms with van der Waals surface area (Å²) >= 11 is 0. The van der Waals surface area contributed by atoms with Crippen molar-refractivity contribution in [2.75, 3.05) is 29.6 Å². The molecule has 0 saturated carbocycles. The summed E-state index contributed by atoms with van der Waals surface area (Å²) in [6.07, 6.45) is 0.369. The molecule has 0 fully saturated rings. The minimum atomic E-state index is -3.42. The summed E-state index contributed by atoms with van der Waals surface area (Å²) in [7, 11) is 0.194. The highest BCUT2D eigenvalue weighted by atomic mass is 32.2. The van der Waals surface area contributed by atoms with E-state index in [1.807, 2.05) is 37.9 Å². The summed E-state index contributed by atoms with van der Waals surface area (Å²) in [4.78, 5) is 12.9. The van der Waals surface area contributed by atoms with Crippen LogP contribution in [0.15, 0.2) is 26.1 Å². The molecule has 4 heterocycles. The zero-order chi connectivity index (χ0) is 20.8. The number of fused-ring (bicyclic) bond motifs is 1. The molecule has 0 bridgehead atoms. The van der Waals surface area contributed by atoms with E-state index in [-0.39, 0.29) is 10.6 Å². The Morgan fingerprint density at radius 1 is 0.966 bits per heavy atom. The highest BCUT2D eigenvalue weighted by molar-refractivity contribution is 7.91. The second kappa shape index (κ2) is 7.14. The Balaban J connectivity index is 1.70. The van der Waals surface area contributed by atoms with E-state index in [0.717, 1.165) is 11.5 Å². The molecule has 0 amide bonds. The summed E-state index contributed by atoms with van der Waals surface area (Å²) in [6, 6.07) is 3.65. The molecule has 154 valence electrons. The lowest BCUT2D eigenvalue weighted by Gasteiger charge is -2.23. The summed E-state index contributed by atoms with van der Waals surface area (Å²) in [5.74, 6) is 2.25. The Morgan fingerprint density at radius 2 is 1.55 bits per heavy atom. The first-order valence-electron chi connectivity index (χ1n) is 9.13. The molecule has 0 N–H and O–H groups in total. The molecule has 4 rings (SSSR count). The second-order valence-corrected chi connectivity index (χ2v) is 9.31. The number of anilines is 2. The van der Waals surface area contributed by atoms with Gasteiger partial charge in [-0.1, -0.05) is 10.3 Å². The minimum absolute atomic E-state index is 0.0383. The van der Waals surface area contributed by atoms with E-state index in [1.54, 1.807) is 11.9 Å². The topological polar surface area (TPSA) is 118 Å². The van der Waals surface area contributed by atoms with Crippen LogP contribution in [0.5, 0.6) is 0 Å². The monoisotopic (exact) mass is 418 g/mol. The van der Waals surface area contributed by atoms with Crippen molar-refractivity contribution in [2.24, 2.45) is 0 Å². The summed E-state index contributed by atoms with van der Waals surface area (Å²) < 4.78 is 35.5. The molecule has 0 radical (unpaired) electrons. The van der Waals surface area contributed by atoms with Crippen molar-refractivity contribution in [2.45, 2.75) is 38.3 Å². The zero-order valence-electron chi connectivity index (χ0n) is 16.7. The van der Waals surface area contributed by atoms with Gasteiger partial charge in [0.2, 0.25) is 5.95 Å². The van der Waals surface area contributed by atoms with E-state index in [1.165, 1.54) is 0 Å². The first-order chi connectivity index (χ1) is 13.7. The summed E-state index contributed by atoms with van der Waals surface area (Å²) in [6.45, 7) is 4.43. The maximum absolute atomic E-state index is 12.6. The van der Waals surface area contributed by atoms with Crippen molar-refractivity contribution in [3.8, 4) is 0 Å². The lowest BCUT2D eigenvalue weighted by atomic mass is 10.3. The van der Waals surface area contributed by atoms with Gasteiger partial charge in [0.05, 0.1) is 24.5 Å². The Hall–Kier alpha value is -2.95. The van der Waals surface area contributed by atoms with E-state index < -0.39 is 9.84 Å². The first-order valence-corrected chi connectivity index (χ1v) is 10.8. The van der Waals surface area contributed by atoms with Gasteiger partial charge in [0.15, 0.2) is 15.7 Å². The standard InChI is InChI=1S/C18H22N6O4S/c1-11-7-13(21-27-11)9-23(3)17-16-15(5-6-29(16,25)26)19-18(20-17)24(4)10-14-8-12(2)28-22-14/h7-8H,5-6,9-10H2,1-4H3. The summed E-state index contributed by atoms with van der Waals surface area (Å²) in [5, 5.41) is 7.98. The molecule has 0 saturated heterocycles. The van der Waals surface area contributed by atoms with Crippen LogP contribution in [-0.2, 0) is 29.3 Å². The summed E-state index contributed by atoms with van der Waals surface area (Å²) in [5.41, 5.74) is 1.98. The molecule has 1 aliphatic heterocycles. The number of hydrogen-bond donors (Lipinski definition) is 0. The van der Waals surface area contributed by atoms with Crippen molar-refractivity contribution in [3.05, 3.63) is 40.7 Å². The van der Waals surface area contributed by atoms with Crippen LogP contribution in [-0.4, -0.2) is 48.5 Å². The molecular weight excluding hydrogens is 396 g/mol. The van der Waals surface area contributed by atoms with Crippen LogP contribution < -0.4 is 9.80 Å². The molecule has 0 unspecified atom stereocenters. The van der Waals surface area contributed by atoms with Crippen molar-refractivity contribution in [1.29, 1.82) is 0 Å². The van der Waals surface area contributed by atoms with Gasteiger partial charge in [-0.05, 0) is 13.8 Å². The van der Waals surface area contributed by atoms with Gasteiger partial charge in [-0.25, -0.2) is 13.4 Å². The fourth-order valence-corrected chi connectivity index (χ4v) is 4.99. The lowest BCUT2D eigenvalue weighted by Crippen LogP contribution is -2.25. The van der Waals surface area contributed by atoms with E-state index in [2.05, 4.69) is 20.3 Å². The molecule has 0 aromatic carbocycles. The molecule has 1 aliphatic rings. The van der Waals surface area contributed by atoms with E-state index >= 15 is 0 Å². The van der Waals surface area contributed by atoms with Gasteiger partial charge >= 0.3 is 0 Å². The number of nitrogens with zero attached hydrogens (tertiary/aromatic N) is 6. The largest absolute Gasteiger partial charge is 0.361 e. The van der Waals surface area contributed by atoms with Crippen LogP contribution in [0.3, 0.4) is 0 Å². The molecule has 0 spiro atoms. The highest BCUT2D eigenvalue weighted by Gasteiger charge is 2.34. The maximum Gasteiger partial charge on any atom is 0.227 e. The van der Waals surface area contributed by atoms with Gasteiger partial charge in [0.25, 0.3) is 0 Å². The van der Waals surface area contributed by atoms with Crippen molar-refractivity contribution in [3.63, 3.8) is 0 Å². The predicted molar refractivity (Wildman–Crippen MR) is 104 cm³/mol. The highest BCUT2D eigenvalue weighted by Crippen LogP contribution is 2.34. The van der Waals surface area contributed by atoms with Crippen molar-refractivity contribution < 1.29 is 17.5 Å². The van der Waals surface area contributed by atoms with E-state index in [9.17, 15) is 8.42 Å². The maximum atomic E-state index is 12.6. The minimum Gasteiger partial charge on any atom is -0.361 e. The van der Waals surface area contributed by atoms with Crippen LogP contribution in [0.2, 0.25) is 0 Å². The van der Waals surface area contributed by atoms with Crippen LogP contribution in [0.25, 0.3) is 0 Å². The lowest BCUT2D eigenvalue weighted by molar-refractivity contribution is 0.390. The zero-order valence-corrected chi connectivity index (χ0v) is 17.5.